The molecule has 0 unspecified atom stereocenters. The summed E-state index contributed by atoms with van der Waals surface area (Å²) in [5, 5.41) is 13.7. The van der Waals surface area contributed by atoms with Gasteiger partial charge in [0.1, 0.15) is 9.88 Å². The topological polar surface area (TPSA) is 65.5 Å². The summed E-state index contributed by atoms with van der Waals surface area (Å²) in [6.45, 7) is 4.95. The highest BCUT2D eigenvalue weighted by Gasteiger charge is 2.29. The number of thiazole rings is 1. The standard InChI is InChI=1S/C14H21N3O2S/c18-14(19)13-12(10-3-1-4-10)16-11(20-13)9-17-7-2-5-15-6-8-17/h10,15H,1-9H2,(H,18,19). The fourth-order valence-electron chi connectivity index (χ4n) is 2.81. The fourth-order valence-corrected chi connectivity index (χ4v) is 3.84. The highest BCUT2D eigenvalue weighted by Crippen LogP contribution is 2.39. The van der Waals surface area contributed by atoms with Crippen molar-refractivity contribution >= 4 is 17.3 Å². The Hall–Kier alpha value is -0.980. The van der Waals surface area contributed by atoms with E-state index in [1.165, 1.54) is 17.8 Å². The van der Waals surface area contributed by atoms with E-state index in [0.29, 0.717) is 10.8 Å². The van der Waals surface area contributed by atoms with Crippen LogP contribution in [0.15, 0.2) is 0 Å². The Morgan fingerprint density at radius 1 is 1.35 bits per heavy atom. The second-order valence-electron chi connectivity index (χ2n) is 5.63. The molecule has 0 bridgehead atoms. The molecule has 2 heterocycles. The van der Waals surface area contributed by atoms with Crippen molar-refractivity contribution in [2.24, 2.45) is 0 Å². The molecule has 6 heteroatoms. The average molecular weight is 295 g/mol. The van der Waals surface area contributed by atoms with Gasteiger partial charge in [-0.2, -0.15) is 0 Å². The third kappa shape index (κ3) is 3.02. The minimum absolute atomic E-state index is 0.386. The maximum absolute atomic E-state index is 11.4. The fraction of sp³-hybridized carbons (Fsp3) is 0.714. The molecule has 0 spiro atoms. The first-order valence-corrected chi connectivity index (χ1v) is 8.21. The third-order valence-corrected chi connectivity index (χ3v) is 5.22. The molecule has 3 rings (SSSR count). The van der Waals surface area contributed by atoms with Crippen LogP contribution in [0.25, 0.3) is 0 Å². The summed E-state index contributed by atoms with van der Waals surface area (Å²) in [6.07, 6.45) is 4.54. The molecular weight excluding hydrogens is 274 g/mol. The van der Waals surface area contributed by atoms with Gasteiger partial charge in [0.05, 0.1) is 12.2 Å². The Bertz CT molecular complexity index is 477. The number of hydrogen-bond acceptors (Lipinski definition) is 5. The maximum atomic E-state index is 11.4. The molecule has 5 nitrogen and oxygen atoms in total. The van der Waals surface area contributed by atoms with Crippen molar-refractivity contribution in [3.8, 4) is 0 Å². The minimum atomic E-state index is -0.812. The van der Waals surface area contributed by atoms with E-state index in [4.69, 9.17) is 0 Å². The molecule has 1 aliphatic carbocycles. The lowest BCUT2D eigenvalue weighted by atomic mass is 9.82. The quantitative estimate of drug-likeness (QED) is 0.888. The molecule has 1 aromatic heterocycles. The number of hydrogen-bond donors (Lipinski definition) is 2. The van der Waals surface area contributed by atoms with Gasteiger partial charge in [-0.1, -0.05) is 6.42 Å². The van der Waals surface area contributed by atoms with Gasteiger partial charge < -0.3 is 10.4 Å². The van der Waals surface area contributed by atoms with Crippen LogP contribution in [0.2, 0.25) is 0 Å². The summed E-state index contributed by atoms with van der Waals surface area (Å²) in [4.78, 5) is 18.9. The van der Waals surface area contributed by atoms with Crippen molar-refractivity contribution < 1.29 is 9.90 Å². The molecule has 1 saturated carbocycles. The molecule has 0 radical (unpaired) electrons. The zero-order valence-electron chi connectivity index (χ0n) is 11.6. The van der Waals surface area contributed by atoms with Crippen LogP contribution in [0, 0.1) is 0 Å². The third-order valence-electron chi connectivity index (χ3n) is 4.18. The summed E-state index contributed by atoms with van der Waals surface area (Å²) >= 11 is 1.37. The van der Waals surface area contributed by atoms with Crippen LogP contribution in [0.3, 0.4) is 0 Å². The summed E-state index contributed by atoms with van der Waals surface area (Å²) < 4.78 is 0. The molecule has 2 fully saturated rings. The van der Waals surface area contributed by atoms with Crippen LogP contribution in [0.1, 0.15) is 52.0 Å². The number of aromatic nitrogens is 1. The molecular formula is C14H21N3O2S. The molecule has 0 aromatic carbocycles. The van der Waals surface area contributed by atoms with Gasteiger partial charge in [0, 0.05) is 19.0 Å². The van der Waals surface area contributed by atoms with Crippen LogP contribution < -0.4 is 5.32 Å². The predicted molar refractivity (Wildman–Crippen MR) is 78.4 cm³/mol. The van der Waals surface area contributed by atoms with E-state index in [-0.39, 0.29) is 0 Å². The Balaban J connectivity index is 1.73. The lowest BCUT2D eigenvalue weighted by Gasteiger charge is -2.24. The van der Waals surface area contributed by atoms with Gasteiger partial charge >= 0.3 is 5.97 Å². The van der Waals surface area contributed by atoms with Crippen LogP contribution >= 0.6 is 11.3 Å². The molecule has 2 N–H and O–H groups in total. The smallest absolute Gasteiger partial charge is 0.347 e. The largest absolute Gasteiger partial charge is 0.477 e. The monoisotopic (exact) mass is 295 g/mol. The Kier molecular flexibility index (Phi) is 4.33. The van der Waals surface area contributed by atoms with E-state index in [2.05, 4.69) is 15.2 Å². The predicted octanol–water partition coefficient (Wildman–Crippen LogP) is 1.90. The maximum Gasteiger partial charge on any atom is 0.347 e. The van der Waals surface area contributed by atoms with Crippen molar-refractivity contribution in [2.45, 2.75) is 38.1 Å². The van der Waals surface area contributed by atoms with E-state index in [1.807, 2.05) is 0 Å². The Morgan fingerprint density at radius 3 is 2.90 bits per heavy atom. The Morgan fingerprint density at radius 2 is 2.20 bits per heavy atom. The highest BCUT2D eigenvalue weighted by molar-refractivity contribution is 7.13. The van der Waals surface area contributed by atoms with Gasteiger partial charge in [-0.25, -0.2) is 9.78 Å². The van der Waals surface area contributed by atoms with Crippen LogP contribution in [-0.2, 0) is 6.54 Å². The van der Waals surface area contributed by atoms with Crippen LogP contribution in [0.5, 0.6) is 0 Å². The SMILES string of the molecule is O=C(O)c1sc(CN2CCCNCC2)nc1C1CCC1. The number of nitrogens with one attached hydrogen (secondary N) is 1. The van der Waals surface area contributed by atoms with Crippen molar-refractivity contribution in [1.82, 2.24) is 15.2 Å². The van der Waals surface area contributed by atoms with E-state index < -0.39 is 5.97 Å². The van der Waals surface area contributed by atoms with Gasteiger partial charge in [-0.3, -0.25) is 4.90 Å². The number of carboxylic acids is 1. The van der Waals surface area contributed by atoms with Crippen molar-refractivity contribution in [3.63, 3.8) is 0 Å². The highest BCUT2D eigenvalue weighted by atomic mass is 32.1. The normalized spacial score (nSPS) is 21.4. The van der Waals surface area contributed by atoms with Crippen molar-refractivity contribution in [1.29, 1.82) is 0 Å². The second-order valence-corrected chi connectivity index (χ2v) is 6.72. The first kappa shape index (κ1) is 14.0. The summed E-state index contributed by atoms with van der Waals surface area (Å²) in [5.41, 5.74) is 0.844. The second kappa shape index (κ2) is 6.20. The number of carboxylic acid groups (broad SMARTS) is 1. The molecule has 1 saturated heterocycles. The molecule has 20 heavy (non-hydrogen) atoms. The first-order chi connectivity index (χ1) is 9.74. The van der Waals surface area contributed by atoms with Crippen molar-refractivity contribution in [2.75, 3.05) is 26.2 Å². The van der Waals surface area contributed by atoms with Gasteiger partial charge in [0.2, 0.25) is 0 Å². The first-order valence-electron chi connectivity index (χ1n) is 7.40. The average Bonchev–Trinajstić information content (AvgIpc) is 2.57. The number of carbonyl (C=O) groups is 1. The summed E-state index contributed by atoms with van der Waals surface area (Å²) in [5.74, 6) is -0.426. The summed E-state index contributed by atoms with van der Waals surface area (Å²) in [6, 6.07) is 0. The van der Waals surface area contributed by atoms with E-state index in [1.54, 1.807) is 0 Å². The molecule has 1 aliphatic heterocycles. The molecule has 0 atom stereocenters. The van der Waals surface area contributed by atoms with Crippen molar-refractivity contribution in [3.05, 3.63) is 15.6 Å². The zero-order chi connectivity index (χ0) is 13.9. The van der Waals surface area contributed by atoms with Gasteiger partial charge in [-0.15, -0.1) is 11.3 Å². The van der Waals surface area contributed by atoms with E-state index >= 15 is 0 Å². The zero-order valence-corrected chi connectivity index (χ0v) is 12.4. The van der Waals surface area contributed by atoms with Crippen LogP contribution in [-0.4, -0.2) is 47.1 Å². The van der Waals surface area contributed by atoms with Gasteiger partial charge in [0.25, 0.3) is 0 Å². The lowest BCUT2D eigenvalue weighted by Crippen LogP contribution is -2.27. The Labute approximate surface area is 123 Å². The summed E-state index contributed by atoms with van der Waals surface area (Å²) in [7, 11) is 0. The van der Waals surface area contributed by atoms with E-state index in [0.717, 1.165) is 62.7 Å². The molecule has 2 aliphatic rings. The minimum Gasteiger partial charge on any atom is -0.477 e. The molecule has 1 aromatic rings. The molecule has 110 valence electrons. The number of aromatic carboxylic acids is 1. The number of rotatable bonds is 4. The van der Waals surface area contributed by atoms with Crippen LogP contribution in [0.4, 0.5) is 0 Å². The lowest BCUT2D eigenvalue weighted by molar-refractivity contribution is 0.0699. The molecule has 0 amide bonds. The van der Waals surface area contributed by atoms with E-state index in [9.17, 15) is 9.90 Å². The van der Waals surface area contributed by atoms with Gasteiger partial charge in [-0.05, 0) is 32.4 Å². The van der Waals surface area contributed by atoms with Gasteiger partial charge in [0.15, 0.2) is 0 Å². The number of nitrogens with zero attached hydrogens (tertiary/aromatic N) is 2.